The highest BCUT2D eigenvalue weighted by Crippen LogP contribution is 2.32. The van der Waals surface area contributed by atoms with E-state index in [2.05, 4.69) is 5.32 Å². The number of likely N-dealkylation sites (tertiary alicyclic amines) is 1. The molecule has 0 radical (unpaired) electrons. The first-order chi connectivity index (χ1) is 13.7. The Morgan fingerprint density at radius 2 is 2.07 bits per heavy atom. The molecule has 1 N–H and O–H groups in total. The minimum Gasteiger partial charge on any atom is -0.444 e. The van der Waals surface area contributed by atoms with Gasteiger partial charge in [0.2, 0.25) is 5.91 Å². The van der Waals surface area contributed by atoms with Crippen molar-refractivity contribution in [2.75, 3.05) is 26.3 Å². The molecule has 0 spiro atoms. The van der Waals surface area contributed by atoms with Gasteiger partial charge >= 0.3 is 6.09 Å². The minimum absolute atomic E-state index is 0.0238. The number of rotatable bonds is 5. The molecule has 1 fully saturated rings. The normalized spacial score (nSPS) is 21.6. The maximum atomic E-state index is 12.3. The highest BCUT2D eigenvalue weighted by atomic mass is 35.5. The van der Waals surface area contributed by atoms with Crippen LogP contribution in [0.3, 0.4) is 0 Å². The van der Waals surface area contributed by atoms with Crippen molar-refractivity contribution in [2.45, 2.75) is 58.1 Å². The lowest BCUT2D eigenvalue weighted by Crippen LogP contribution is -2.44. The average Bonchev–Trinajstić information content (AvgIpc) is 3.02. The predicted molar refractivity (Wildman–Crippen MR) is 112 cm³/mol. The first-order valence-electron chi connectivity index (χ1n) is 10.3. The molecule has 160 valence electrons. The zero-order valence-electron chi connectivity index (χ0n) is 17.5. The molecule has 1 saturated heterocycles. The van der Waals surface area contributed by atoms with E-state index in [-0.39, 0.29) is 30.6 Å². The van der Waals surface area contributed by atoms with Gasteiger partial charge in [0.25, 0.3) is 0 Å². The second-order valence-electron chi connectivity index (χ2n) is 8.95. The van der Waals surface area contributed by atoms with Gasteiger partial charge in [0.1, 0.15) is 12.2 Å². The highest BCUT2D eigenvalue weighted by Gasteiger charge is 2.28. The summed E-state index contributed by atoms with van der Waals surface area (Å²) in [5, 5.41) is 3.78. The molecular formula is C22H31ClN2O4. The lowest BCUT2D eigenvalue weighted by molar-refractivity contribution is -0.127. The molecule has 1 aromatic rings. The fourth-order valence-corrected chi connectivity index (χ4v) is 4.18. The van der Waals surface area contributed by atoms with Crippen molar-refractivity contribution in [1.29, 1.82) is 0 Å². The van der Waals surface area contributed by atoms with E-state index in [4.69, 9.17) is 21.1 Å². The van der Waals surface area contributed by atoms with Crippen molar-refractivity contribution in [3.8, 4) is 0 Å². The van der Waals surface area contributed by atoms with Gasteiger partial charge in [-0.3, -0.25) is 4.79 Å². The molecule has 0 aromatic heterocycles. The van der Waals surface area contributed by atoms with Gasteiger partial charge in [-0.25, -0.2) is 4.79 Å². The van der Waals surface area contributed by atoms with Crippen LogP contribution in [-0.4, -0.2) is 48.8 Å². The topological polar surface area (TPSA) is 67.9 Å². The molecule has 3 rings (SSSR count). The predicted octanol–water partition coefficient (Wildman–Crippen LogP) is 4.11. The number of carbonyl (C=O) groups is 2. The first kappa shape index (κ1) is 21.9. The highest BCUT2D eigenvalue weighted by molar-refractivity contribution is 6.30. The Bertz CT molecular complexity index is 747. The van der Waals surface area contributed by atoms with Crippen molar-refractivity contribution < 1.29 is 19.1 Å². The molecule has 2 amide bonds. The third kappa shape index (κ3) is 6.34. The second-order valence-corrected chi connectivity index (χ2v) is 9.39. The summed E-state index contributed by atoms with van der Waals surface area (Å²) < 4.78 is 11.1. The minimum atomic E-state index is -0.497. The molecule has 29 heavy (non-hydrogen) atoms. The van der Waals surface area contributed by atoms with Gasteiger partial charge in [0, 0.05) is 24.0 Å². The summed E-state index contributed by atoms with van der Waals surface area (Å²) in [6, 6.07) is 5.85. The number of piperidine rings is 1. The number of amides is 2. The SMILES string of the molecule is CC(C)(C)OC(=O)N1CCC[C@H](COCC(=O)N[C@@H]2CCc3cc(Cl)ccc32)C1. The van der Waals surface area contributed by atoms with Crippen LogP contribution in [0, 0.1) is 5.92 Å². The summed E-state index contributed by atoms with van der Waals surface area (Å²) >= 11 is 6.04. The Labute approximate surface area is 177 Å². The number of hydrogen-bond donors (Lipinski definition) is 1. The standard InChI is InChI=1S/C22H31ClN2O4/c1-22(2,3)29-21(27)25-10-4-5-15(12-25)13-28-14-20(26)24-19-9-6-16-11-17(23)7-8-18(16)19/h7-8,11,15,19H,4-6,9-10,12-14H2,1-3H3,(H,24,26)/t15-,19+/m0/s1. The summed E-state index contributed by atoms with van der Waals surface area (Å²) in [5.41, 5.74) is 1.85. The van der Waals surface area contributed by atoms with E-state index in [1.54, 1.807) is 4.90 Å². The van der Waals surface area contributed by atoms with Gasteiger partial charge in [-0.1, -0.05) is 17.7 Å². The lowest BCUT2D eigenvalue weighted by Gasteiger charge is -2.34. The molecule has 1 aliphatic heterocycles. The van der Waals surface area contributed by atoms with Gasteiger partial charge in [-0.2, -0.15) is 0 Å². The van der Waals surface area contributed by atoms with E-state index in [0.29, 0.717) is 19.7 Å². The Morgan fingerprint density at radius 3 is 2.83 bits per heavy atom. The summed E-state index contributed by atoms with van der Waals surface area (Å²) in [5.74, 6) is 0.107. The number of benzene rings is 1. The molecule has 1 aliphatic carbocycles. The van der Waals surface area contributed by atoms with Crippen LogP contribution in [0.2, 0.25) is 5.02 Å². The third-order valence-corrected chi connectivity index (χ3v) is 5.51. The van der Waals surface area contributed by atoms with Crippen LogP contribution in [0.4, 0.5) is 4.79 Å². The molecule has 2 atom stereocenters. The van der Waals surface area contributed by atoms with Crippen molar-refractivity contribution in [1.82, 2.24) is 10.2 Å². The fourth-order valence-electron chi connectivity index (χ4n) is 3.98. The molecule has 0 unspecified atom stereocenters. The number of ether oxygens (including phenoxy) is 2. The number of nitrogens with zero attached hydrogens (tertiary/aromatic N) is 1. The first-order valence-corrected chi connectivity index (χ1v) is 10.7. The van der Waals surface area contributed by atoms with Crippen LogP contribution in [0.5, 0.6) is 0 Å². The smallest absolute Gasteiger partial charge is 0.410 e. The van der Waals surface area contributed by atoms with Crippen LogP contribution in [0.15, 0.2) is 18.2 Å². The molecule has 0 saturated carbocycles. The fraction of sp³-hybridized carbons (Fsp3) is 0.636. The molecule has 1 aromatic carbocycles. The van der Waals surface area contributed by atoms with Crippen LogP contribution in [0.1, 0.15) is 57.2 Å². The molecule has 7 heteroatoms. The third-order valence-electron chi connectivity index (χ3n) is 5.28. The molecular weight excluding hydrogens is 392 g/mol. The zero-order valence-corrected chi connectivity index (χ0v) is 18.3. The summed E-state index contributed by atoms with van der Waals surface area (Å²) in [7, 11) is 0. The number of aryl methyl sites for hydroxylation is 1. The van der Waals surface area contributed by atoms with Crippen LogP contribution < -0.4 is 5.32 Å². The number of hydrogen-bond acceptors (Lipinski definition) is 4. The van der Waals surface area contributed by atoms with Gasteiger partial charge in [0.05, 0.1) is 12.6 Å². The average molecular weight is 423 g/mol. The molecule has 1 heterocycles. The largest absolute Gasteiger partial charge is 0.444 e. The number of halogens is 1. The molecule has 2 aliphatic rings. The van der Waals surface area contributed by atoms with Gasteiger partial charge in [0.15, 0.2) is 0 Å². The number of carbonyl (C=O) groups excluding carboxylic acids is 2. The van der Waals surface area contributed by atoms with Crippen molar-refractivity contribution >= 4 is 23.6 Å². The van der Waals surface area contributed by atoms with E-state index in [0.717, 1.165) is 36.3 Å². The quantitative estimate of drug-likeness (QED) is 0.775. The van der Waals surface area contributed by atoms with Crippen LogP contribution in [0.25, 0.3) is 0 Å². The zero-order chi connectivity index (χ0) is 21.0. The Hall–Kier alpha value is -1.79. The van der Waals surface area contributed by atoms with Crippen molar-refractivity contribution in [3.05, 3.63) is 34.3 Å². The maximum absolute atomic E-state index is 12.3. The van der Waals surface area contributed by atoms with Gasteiger partial charge < -0.3 is 19.7 Å². The summed E-state index contributed by atoms with van der Waals surface area (Å²) in [4.78, 5) is 26.3. The molecule has 6 nitrogen and oxygen atoms in total. The van der Waals surface area contributed by atoms with Crippen molar-refractivity contribution in [2.24, 2.45) is 5.92 Å². The van der Waals surface area contributed by atoms with E-state index < -0.39 is 5.60 Å². The van der Waals surface area contributed by atoms with E-state index in [9.17, 15) is 9.59 Å². The van der Waals surface area contributed by atoms with E-state index in [1.165, 1.54) is 5.56 Å². The van der Waals surface area contributed by atoms with Crippen molar-refractivity contribution in [3.63, 3.8) is 0 Å². The maximum Gasteiger partial charge on any atom is 0.410 e. The monoisotopic (exact) mass is 422 g/mol. The number of fused-ring (bicyclic) bond motifs is 1. The van der Waals surface area contributed by atoms with Gasteiger partial charge in [-0.05, 0) is 69.7 Å². The molecule has 0 bridgehead atoms. The summed E-state index contributed by atoms with van der Waals surface area (Å²) in [6.07, 6.45) is 3.43. The number of nitrogens with one attached hydrogen (secondary N) is 1. The van der Waals surface area contributed by atoms with Gasteiger partial charge in [-0.15, -0.1) is 0 Å². The Kier molecular flexibility index (Phi) is 7.06. The van der Waals surface area contributed by atoms with Crippen LogP contribution in [-0.2, 0) is 20.7 Å². The second kappa shape index (κ2) is 9.35. The lowest BCUT2D eigenvalue weighted by atomic mass is 9.99. The van der Waals surface area contributed by atoms with E-state index in [1.807, 2.05) is 39.0 Å². The summed E-state index contributed by atoms with van der Waals surface area (Å²) in [6.45, 7) is 7.40. The van der Waals surface area contributed by atoms with Crippen LogP contribution >= 0.6 is 11.6 Å². The Morgan fingerprint density at radius 1 is 1.28 bits per heavy atom. The Balaban J connectivity index is 1.40. The van der Waals surface area contributed by atoms with E-state index >= 15 is 0 Å².